The molecule has 0 radical (unpaired) electrons. The third-order valence-electron chi connectivity index (χ3n) is 5.60. The molecule has 0 spiro atoms. The molecule has 0 aliphatic carbocycles. The molecule has 2 aromatic rings. The third kappa shape index (κ3) is 3.42. The second-order valence-electron chi connectivity index (χ2n) is 7.82. The van der Waals surface area contributed by atoms with Crippen molar-refractivity contribution >= 4 is 23.4 Å². The second kappa shape index (κ2) is 7.75. The number of urea groups is 2. The lowest BCUT2D eigenvalue weighted by Crippen LogP contribution is -2.71. The van der Waals surface area contributed by atoms with Gasteiger partial charge in [0.05, 0.1) is 18.7 Å². The maximum Gasteiger partial charge on any atom is 0.322 e. The first-order valence-corrected chi connectivity index (χ1v) is 9.93. The van der Waals surface area contributed by atoms with Crippen molar-refractivity contribution < 1.29 is 14.7 Å². The van der Waals surface area contributed by atoms with Gasteiger partial charge in [-0.15, -0.1) is 0 Å². The van der Waals surface area contributed by atoms with Gasteiger partial charge in [0.15, 0.2) is 0 Å². The van der Waals surface area contributed by atoms with Gasteiger partial charge in [-0.2, -0.15) is 0 Å². The molecule has 0 unspecified atom stereocenters. The highest BCUT2D eigenvalue weighted by atomic mass is 16.3. The van der Waals surface area contributed by atoms with Gasteiger partial charge in [-0.3, -0.25) is 4.90 Å². The molecule has 29 heavy (non-hydrogen) atoms. The lowest BCUT2D eigenvalue weighted by Gasteiger charge is -2.58. The Hall–Kier alpha value is -3.06. The number of aliphatic hydroxyl groups is 1. The number of nitrogens with zero attached hydrogens (tertiary/aromatic N) is 2. The van der Waals surface area contributed by atoms with E-state index in [0.29, 0.717) is 12.2 Å². The molecule has 7 nitrogen and oxygen atoms in total. The van der Waals surface area contributed by atoms with E-state index in [4.69, 9.17) is 0 Å². The van der Waals surface area contributed by atoms with Crippen molar-refractivity contribution in [1.29, 1.82) is 0 Å². The summed E-state index contributed by atoms with van der Waals surface area (Å²) in [5.41, 5.74) is 2.53. The third-order valence-corrected chi connectivity index (χ3v) is 5.60. The lowest BCUT2D eigenvalue weighted by atomic mass is 9.72. The Labute approximate surface area is 170 Å². The SMILES string of the molecule is CC(C)NC(=O)N1C[C@H]2[C@@H](c3ccccc31)[C@H](CO)N2C(=O)Nc1ccccc1. The molecule has 1 saturated heterocycles. The number of aliphatic hydroxyl groups excluding tert-OH is 1. The number of nitrogens with one attached hydrogen (secondary N) is 2. The van der Waals surface area contributed by atoms with Gasteiger partial charge in [-0.05, 0) is 37.6 Å². The molecule has 1 fully saturated rings. The van der Waals surface area contributed by atoms with Crippen LogP contribution in [-0.4, -0.2) is 53.3 Å². The summed E-state index contributed by atoms with van der Waals surface area (Å²) in [5.74, 6) is 0.000762. The van der Waals surface area contributed by atoms with Crippen LogP contribution in [0.25, 0.3) is 0 Å². The number of anilines is 2. The zero-order valence-electron chi connectivity index (χ0n) is 16.6. The predicted octanol–water partition coefficient (Wildman–Crippen LogP) is 2.99. The van der Waals surface area contributed by atoms with Crippen molar-refractivity contribution in [3.8, 4) is 0 Å². The highest BCUT2D eigenvalue weighted by Gasteiger charge is 2.55. The molecule has 4 amide bonds. The van der Waals surface area contributed by atoms with Gasteiger partial charge in [0.2, 0.25) is 0 Å². The Balaban J connectivity index is 1.62. The van der Waals surface area contributed by atoms with Crippen molar-refractivity contribution in [3.63, 3.8) is 0 Å². The molecular weight excluding hydrogens is 368 g/mol. The Bertz CT molecular complexity index is 902. The van der Waals surface area contributed by atoms with Crippen molar-refractivity contribution in [3.05, 3.63) is 60.2 Å². The molecular formula is C22H26N4O3. The minimum Gasteiger partial charge on any atom is -0.394 e. The van der Waals surface area contributed by atoms with E-state index in [0.717, 1.165) is 11.3 Å². The first kappa shape index (κ1) is 19.3. The average Bonchev–Trinajstić information content (AvgIpc) is 2.68. The number of hydrogen-bond donors (Lipinski definition) is 3. The standard InChI is InChI=1S/C22H26N4O3/c1-14(2)23-21(28)25-12-18-20(16-10-6-7-11-17(16)25)19(13-27)26(18)22(29)24-15-8-4-3-5-9-15/h3-11,14,18-20,27H,12-13H2,1-2H3,(H,23,28)(H,24,29)/t18-,19-,20+/m0/s1. The van der Waals surface area contributed by atoms with Crippen LogP contribution >= 0.6 is 0 Å². The number of carbonyl (C=O) groups excluding carboxylic acids is 2. The minimum atomic E-state index is -0.319. The highest BCUT2D eigenvalue weighted by molar-refractivity contribution is 5.96. The Morgan fingerprint density at radius 1 is 1.07 bits per heavy atom. The van der Waals surface area contributed by atoms with Crippen LogP contribution in [0.1, 0.15) is 25.3 Å². The van der Waals surface area contributed by atoms with Gasteiger partial charge in [-0.25, -0.2) is 9.59 Å². The van der Waals surface area contributed by atoms with Crippen LogP contribution in [0.2, 0.25) is 0 Å². The summed E-state index contributed by atoms with van der Waals surface area (Å²) >= 11 is 0. The summed E-state index contributed by atoms with van der Waals surface area (Å²) < 4.78 is 0. The number of likely N-dealkylation sites (tertiary alicyclic amines) is 1. The largest absolute Gasteiger partial charge is 0.394 e. The molecule has 3 N–H and O–H groups in total. The number of carbonyl (C=O) groups is 2. The molecule has 4 rings (SSSR count). The summed E-state index contributed by atoms with van der Waals surface area (Å²) in [5, 5.41) is 15.9. The van der Waals surface area contributed by atoms with Crippen LogP contribution < -0.4 is 15.5 Å². The number of para-hydroxylation sites is 2. The van der Waals surface area contributed by atoms with E-state index in [9.17, 15) is 14.7 Å². The molecule has 2 heterocycles. The number of amides is 4. The molecule has 0 saturated carbocycles. The number of fused-ring (bicyclic) bond motifs is 3. The highest BCUT2D eigenvalue weighted by Crippen LogP contribution is 2.48. The van der Waals surface area contributed by atoms with Crippen molar-refractivity contribution in [2.24, 2.45) is 0 Å². The quantitative estimate of drug-likeness (QED) is 0.748. The minimum absolute atomic E-state index is 0.000762. The van der Waals surface area contributed by atoms with E-state index in [2.05, 4.69) is 10.6 Å². The second-order valence-corrected chi connectivity index (χ2v) is 7.82. The normalized spacial score (nSPS) is 22.4. The predicted molar refractivity (Wildman–Crippen MR) is 112 cm³/mol. The van der Waals surface area contributed by atoms with E-state index < -0.39 is 0 Å². The molecule has 2 aliphatic rings. The van der Waals surface area contributed by atoms with Crippen LogP contribution in [0.5, 0.6) is 0 Å². The van der Waals surface area contributed by atoms with Gasteiger partial charge < -0.3 is 20.6 Å². The van der Waals surface area contributed by atoms with E-state index in [-0.39, 0.29) is 42.7 Å². The summed E-state index contributed by atoms with van der Waals surface area (Å²) in [6, 6.07) is 16.0. The summed E-state index contributed by atoms with van der Waals surface area (Å²) in [7, 11) is 0. The first-order valence-electron chi connectivity index (χ1n) is 9.93. The van der Waals surface area contributed by atoms with Gasteiger partial charge in [0, 0.05) is 29.9 Å². The van der Waals surface area contributed by atoms with Gasteiger partial charge >= 0.3 is 12.1 Å². The zero-order valence-corrected chi connectivity index (χ0v) is 16.6. The van der Waals surface area contributed by atoms with E-state index >= 15 is 0 Å². The van der Waals surface area contributed by atoms with Crippen molar-refractivity contribution in [2.75, 3.05) is 23.4 Å². The Kier molecular flexibility index (Phi) is 5.15. The van der Waals surface area contributed by atoms with Crippen LogP contribution in [0.3, 0.4) is 0 Å². The fraction of sp³-hybridized carbons (Fsp3) is 0.364. The van der Waals surface area contributed by atoms with Crippen LogP contribution in [-0.2, 0) is 0 Å². The Morgan fingerprint density at radius 3 is 2.45 bits per heavy atom. The molecule has 0 bridgehead atoms. The molecule has 3 atom stereocenters. The summed E-state index contributed by atoms with van der Waals surface area (Å²) in [6.45, 7) is 4.09. The summed E-state index contributed by atoms with van der Waals surface area (Å²) in [6.07, 6.45) is 0. The number of benzene rings is 2. The fourth-order valence-corrected chi connectivity index (χ4v) is 4.39. The molecule has 2 aliphatic heterocycles. The monoisotopic (exact) mass is 394 g/mol. The van der Waals surface area contributed by atoms with Crippen LogP contribution in [0, 0.1) is 0 Å². The average molecular weight is 394 g/mol. The topological polar surface area (TPSA) is 84.9 Å². The maximum atomic E-state index is 13.0. The molecule has 2 aromatic carbocycles. The van der Waals surface area contributed by atoms with Crippen LogP contribution in [0.4, 0.5) is 21.0 Å². The smallest absolute Gasteiger partial charge is 0.322 e. The number of hydrogen-bond acceptors (Lipinski definition) is 3. The fourth-order valence-electron chi connectivity index (χ4n) is 4.39. The van der Waals surface area contributed by atoms with Crippen molar-refractivity contribution in [1.82, 2.24) is 10.2 Å². The van der Waals surface area contributed by atoms with Gasteiger partial charge in [0.1, 0.15) is 0 Å². The molecule has 0 aromatic heterocycles. The van der Waals surface area contributed by atoms with Crippen LogP contribution in [0.15, 0.2) is 54.6 Å². The van der Waals surface area contributed by atoms with E-state index in [1.165, 1.54) is 0 Å². The van der Waals surface area contributed by atoms with Gasteiger partial charge in [-0.1, -0.05) is 36.4 Å². The lowest BCUT2D eigenvalue weighted by molar-refractivity contribution is -0.00197. The Morgan fingerprint density at radius 2 is 1.76 bits per heavy atom. The maximum absolute atomic E-state index is 13.0. The molecule has 152 valence electrons. The first-order chi connectivity index (χ1) is 14.0. The number of rotatable bonds is 3. The van der Waals surface area contributed by atoms with Gasteiger partial charge in [0.25, 0.3) is 0 Å². The van der Waals surface area contributed by atoms with Crippen molar-refractivity contribution in [2.45, 2.75) is 37.9 Å². The van der Waals surface area contributed by atoms with E-state index in [1.807, 2.05) is 68.4 Å². The zero-order chi connectivity index (χ0) is 20.5. The summed E-state index contributed by atoms with van der Waals surface area (Å²) in [4.78, 5) is 29.2. The van der Waals surface area contributed by atoms with E-state index in [1.54, 1.807) is 9.80 Å². The molecule has 7 heteroatoms.